The van der Waals surface area contributed by atoms with Crippen molar-refractivity contribution in [2.24, 2.45) is 0 Å². The highest BCUT2D eigenvalue weighted by Crippen LogP contribution is 2.25. The van der Waals surface area contributed by atoms with Gasteiger partial charge in [-0.2, -0.15) is 0 Å². The summed E-state index contributed by atoms with van der Waals surface area (Å²) in [5, 5.41) is 0. The molecular formula is C26H36N2O4. The molecule has 32 heavy (non-hydrogen) atoms. The molecule has 0 saturated heterocycles. The topological polar surface area (TPSA) is 63.0 Å². The summed E-state index contributed by atoms with van der Waals surface area (Å²) in [7, 11) is 1.41. The zero-order chi connectivity index (χ0) is 22.9. The van der Waals surface area contributed by atoms with Gasteiger partial charge in [-0.25, -0.2) is 0 Å². The van der Waals surface area contributed by atoms with E-state index in [0.29, 0.717) is 13.1 Å². The van der Waals surface area contributed by atoms with E-state index in [4.69, 9.17) is 9.15 Å². The maximum atomic E-state index is 13.5. The molecule has 1 atom stereocenters. The fourth-order valence-corrected chi connectivity index (χ4v) is 4.52. The van der Waals surface area contributed by atoms with Crippen molar-refractivity contribution in [3.05, 3.63) is 59.5 Å². The van der Waals surface area contributed by atoms with Gasteiger partial charge < -0.3 is 14.1 Å². The van der Waals surface area contributed by atoms with Gasteiger partial charge in [-0.1, -0.05) is 49.6 Å². The zero-order valence-electron chi connectivity index (χ0n) is 19.6. The standard InChI is InChI=1S/C26H36N2O4/c1-20-14-15-24(32-20)18-27(17-16-22-10-6-4-7-11-22)25(29)19-28(21(2)26(30)31-3)23-12-8-5-9-13-23/h4,6-7,10-11,14-15,21,23H,5,8-9,12-13,16-19H2,1-3H3. The molecule has 6 heteroatoms. The quantitative estimate of drug-likeness (QED) is 0.514. The molecule has 2 aromatic rings. The summed E-state index contributed by atoms with van der Waals surface area (Å²) >= 11 is 0. The van der Waals surface area contributed by atoms with Crippen LogP contribution in [-0.4, -0.2) is 54.0 Å². The third-order valence-corrected chi connectivity index (χ3v) is 6.41. The van der Waals surface area contributed by atoms with Crippen LogP contribution < -0.4 is 0 Å². The number of ether oxygens (including phenoxy) is 1. The summed E-state index contributed by atoms with van der Waals surface area (Å²) in [6.07, 6.45) is 6.26. The van der Waals surface area contributed by atoms with Gasteiger partial charge in [0.1, 0.15) is 17.6 Å². The monoisotopic (exact) mass is 440 g/mol. The third kappa shape index (κ3) is 6.70. The number of aryl methyl sites for hydroxylation is 1. The highest BCUT2D eigenvalue weighted by Gasteiger charge is 2.32. The Labute approximate surface area is 191 Å². The first-order valence-corrected chi connectivity index (χ1v) is 11.7. The number of amides is 1. The van der Waals surface area contributed by atoms with Crippen molar-refractivity contribution < 1.29 is 18.7 Å². The second-order valence-corrected chi connectivity index (χ2v) is 8.73. The Balaban J connectivity index is 1.75. The molecule has 174 valence electrons. The molecule has 1 aromatic carbocycles. The first-order chi connectivity index (χ1) is 15.5. The summed E-state index contributed by atoms with van der Waals surface area (Å²) in [4.78, 5) is 29.8. The van der Waals surface area contributed by atoms with E-state index in [-0.39, 0.29) is 24.5 Å². The molecule has 0 radical (unpaired) electrons. The molecule has 0 bridgehead atoms. The predicted molar refractivity (Wildman–Crippen MR) is 124 cm³/mol. The number of rotatable bonds is 10. The van der Waals surface area contributed by atoms with Crippen LogP contribution in [-0.2, 0) is 27.3 Å². The molecule has 1 fully saturated rings. The van der Waals surface area contributed by atoms with E-state index in [1.807, 2.05) is 49.1 Å². The summed E-state index contributed by atoms with van der Waals surface area (Å²) in [5.74, 6) is 1.32. The number of esters is 1. The minimum atomic E-state index is -0.450. The average molecular weight is 441 g/mol. The maximum Gasteiger partial charge on any atom is 0.322 e. The Hall–Kier alpha value is -2.60. The van der Waals surface area contributed by atoms with Crippen molar-refractivity contribution in [3.8, 4) is 0 Å². The summed E-state index contributed by atoms with van der Waals surface area (Å²) in [6, 6.07) is 13.8. The van der Waals surface area contributed by atoms with Gasteiger partial charge in [-0.15, -0.1) is 0 Å². The summed E-state index contributed by atoms with van der Waals surface area (Å²) in [6.45, 7) is 4.97. The van der Waals surface area contributed by atoms with Crippen LogP contribution in [0.25, 0.3) is 0 Å². The van der Waals surface area contributed by atoms with E-state index >= 15 is 0 Å². The Morgan fingerprint density at radius 1 is 1.09 bits per heavy atom. The van der Waals surface area contributed by atoms with Gasteiger partial charge >= 0.3 is 5.97 Å². The fourth-order valence-electron chi connectivity index (χ4n) is 4.52. The third-order valence-electron chi connectivity index (χ3n) is 6.41. The normalized spacial score (nSPS) is 15.5. The number of carbonyl (C=O) groups is 2. The van der Waals surface area contributed by atoms with Crippen LogP contribution in [0.15, 0.2) is 46.9 Å². The molecule has 0 N–H and O–H groups in total. The lowest BCUT2D eigenvalue weighted by atomic mass is 9.93. The minimum absolute atomic E-state index is 0.0105. The molecular weight excluding hydrogens is 404 g/mol. The minimum Gasteiger partial charge on any atom is -0.468 e. The van der Waals surface area contributed by atoms with E-state index in [1.54, 1.807) is 0 Å². The number of furan rings is 1. The lowest BCUT2D eigenvalue weighted by Gasteiger charge is -2.38. The van der Waals surface area contributed by atoms with Gasteiger partial charge in [0, 0.05) is 12.6 Å². The van der Waals surface area contributed by atoms with Gasteiger partial charge in [0.05, 0.1) is 20.2 Å². The highest BCUT2D eigenvalue weighted by atomic mass is 16.5. The van der Waals surface area contributed by atoms with Gasteiger partial charge in [0.15, 0.2) is 0 Å². The van der Waals surface area contributed by atoms with Gasteiger partial charge in [-0.3, -0.25) is 14.5 Å². The Morgan fingerprint density at radius 3 is 2.44 bits per heavy atom. The van der Waals surface area contributed by atoms with Gasteiger partial charge in [0.25, 0.3) is 0 Å². The number of hydrogen-bond donors (Lipinski definition) is 0. The van der Waals surface area contributed by atoms with Crippen molar-refractivity contribution in [2.45, 2.75) is 71.0 Å². The van der Waals surface area contributed by atoms with E-state index < -0.39 is 6.04 Å². The molecule has 1 aliphatic carbocycles. The molecule has 1 heterocycles. The van der Waals surface area contributed by atoms with Crippen molar-refractivity contribution in [3.63, 3.8) is 0 Å². The van der Waals surface area contributed by atoms with Crippen LogP contribution in [0.2, 0.25) is 0 Å². The van der Waals surface area contributed by atoms with Crippen molar-refractivity contribution in [1.29, 1.82) is 0 Å². The van der Waals surface area contributed by atoms with E-state index in [9.17, 15) is 9.59 Å². The van der Waals surface area contributed by atoms with Gasteiger partial charge in [0.2, 0.25) is 5.91 Å². The SMILES string of the molecule is COC(=O)C(C)N(CC(=O)N(CCc1ccccc1)Cc1ccc(C)o1)C1CCCCC1. The molecule has 1 amide bonds. The highest BCUT2D eigenvalue weighted by molar-refractivity contribution is 5.80. The number of hydrogen-bond acceptors (Lipinski definition) is 5. The molecule has 0 spiro atoms. The van der Waals surface area contributed by atoms with Crippen LogP contribution >= 0.6 is 0 Å². The van der Waals surface area contributed by atoms with Crippen LogP contribution in [0.1, 0.15) is 56.1 Å². The summed E-state index contributed by atoms with van der Waals surface area (Å²) < 4.78 is 10.8. The lowest BCUT2D eigenvalue weighted by Crippen LogP contribution is -2.52. The van der Waals surface area contributed by atoms with E-state index in [0.717, 1.165) is 43.6 Å². The smallest absolute Gasteiger partial charge is 0.322 e. The van der Waals surface area contributed by atoms with Crippen LogP contribution in [0.5, 0.6) is 0 Å². The van der Waals surface area contributed by atoms with Crippen molar-refractivity contribution in [2.75, 3.05) is 20.2 Å². The summed E-state index contributed by atoms with van der Waals surface area (Å²) in [5.41, 5.74) is 1.19. The average Bonchev–Trinajstić information content (AvgIpc) is 3.24. The van der Waals surface area contributed by atoms with Crippen molar-refractivity contribution in [1.82, 2.24) is 9.80 Å². The van der Waals surface area contributed by atoms with Crippen LogP contribution in [0.4, 0.5) is 0 Å². The molecule has 1 aromatic heterocycles. The Morgan fingerprint density at radius 2 is 1.81 bits per heavy atom. The lowest BCUT2D eigenvalue weighted by molar-refractivity contribution is -0.149. The first-order valence-electron chi connectivity index (χ1n) is 11.7. The van der Waals surface area contributed by atoms with Crippen LogP contribution in [0.3, 0.4) is 0 Å². The molecule has 1 saturated carbocycles. The maximum absolute atomic E-state index is 13.5. The number of benzene rings is 1. The number of carbonyl (C=O) groups excluding carboxylic acids is 2. The molecule has 1 unspecified atom stereocenters. The molecule has 1 aliphatic rings. The predicted octanol–water partition coefficient (Wildman–Crippen LogP) is 4.36. The number of nitrogens with zero attached hydrogens (tertiary/aromatic N) is 2. The van der Waals surface area contributed by atoms with E-state index in [1.165, 1.54) is 19.1 Å². The Bertz CT molecular complexity index is 858. The first kappa shape index (κ1) is 24.1. The molecule has 6 nitrogen and oxygen atoms in total. The molecule has 3 rings (SSSR count). The van der Waals surface area contributed by atoms with Gasteiger partial charge in [-0.05, 0) is 50.8 Å². The Kier molecular flexibility index (Phi) is 8.91. The second kappa shape index (κ2) is 11.9. The van der Waals surface area contributed by atoms with Crippen molar-refractivity contribution >= 4 is 11.9 Å². The zero-order valence-corrected chi connectivity index (χ0v) is 19.6. The fraction of sp³-hybridized carbons (Fsp3) is 0.538. The van der Waals surface area contributed by atoms with Crippen LogP contribution in [0, 0.1) is 6.92 Å². The van der Waals surface area contributed by atoms with E-state index in [2.05, 4.69) is 17.0 Å². The molecule has 0 aliphatic heterocycles. The second-order valence-electron chi connectivity index (χ2n) is 8.73. The largest absolute Gasteiger partial charge is 0.468 e. The number of methoxy groups -OCH3 is 1.